The van der Waals surface area contributed by atoms with E-state index in [9.17, 15) is 9.18 Å². The normalized spacial score (nSPS) is 14.5. The number of nitrogens with one attached hydrogen (secondary N) is 1. The van der Waals surface area contributed by atoms with E-state index >= 15 is 0 Å². The predicted molar refractivity (Wildman–Crippen MR) is 71.1 cm³/mol. The van der Waals surface area contributed by atoms with Crippen molar-refractivity contribution in [1.29, 1.82) is 0 Å². The van der Waals surface area contributed by atoms with Crippen LogP contribution in [0.2, 0.25) is 5.02 Å². The molecule has 0 bridgehead atoms. The number of carbonyl (C=O) groups is 1. The molecule has 1 N–H and O–H groups in total. The lowest BCUT2D eigenvalue weighted by atomic mass is 10.3. The lowest BCUT2D eigenvalue weighted by Crippen LogP contribution is -2.39. The Kier molecular flexibility index (Phi) is 4.85. The number of rotatable bonds is 4. The summed E-state index contributed by atoms with van der Waals surface area (Å²) in [4.78, 5) is 13.4. The average molecular weight is 287 g/mol. The van der Waals surface area contributed by atoms with E-state index < -0.39 is 5.82 Å². The summed E-state index contributed by atoms with van der Waals surface area (Å²) in [6.07, 6.45) is 2.13. The number of hydrogen-bond acceptors (Lipinski definition) is 2. The minimum absolute atomic E-state index is 0.0636. The van der Waals surface area contributed by atoms with Crippen molar-refractivity contribution in [3.63, 3.8) is 0 Å². The van der Waals surface area contributed by atoms with E-state index in [0.29, 0.717) is 18.9 Å². The lowest BCUT2D eigenvalue weighted by molar-refractivity contribution is 0.205. The van der Waals surface area contributed by atoms with Crippen LogP contribution in [0.5, 0.6) is 5.75 Å². The monoisotopic (exact) mass is 286 g/mol. The van der Waals surface area contributed by atoms with Crippen LogP contribution >= 0.6 is 11.6 Å². The molecule has 1 saturated heterocycles. The fourth-order valence-corrected chi connectivity index (χ4v) is 2.17. The number of hydrogen-bond donors (Lipinski definition) is 1. The zero-order chi connectivity index (χ0) is 13.7. The van der Waals surface area contributed by atoms with E-state index in [1.54, 1.807) is 4.90 Å². The van der Waals surface area contributed by atoms with Gasteiger partial charge in [-0.3, -0.25) is 0 Å². The van der Waals surface area contributed by atoms with Gasteiger partial charge < -0.3 is 15.0 Å². The largest absolute Gasteiger partial charge is 0.490 e. The summed E-state index contributed by atoms with van der Waals surface area (Å²) in [6.45, 7) is 2.32. The molecule has 0 radical (unpaired) electrons. The first-order valence-corrected chi connectivity index (χ1v) is 6.65. The average Bonchev–Trinajstić information content (AvgIpc) is 2.90. The number of benzene rings is 1. The Morgan fingerprint density at radius 1 is 1.42 bits per heavy atom. The Hall–Kier alpha value is -1.49. The van der Waals surface area contributed by atoms with E-state index in [-0.39, 0.29) is 11.1 Å². The highest BCUT2D eigenvalue weighted by atomic mass is 35.5. The van der Waals surface area contributed by atoms with Crippen LogP contribution in [0, 0.1) is 5.82 Å². The molecule has 1 aromatic carbocycles. The SMILES string of the molecule is O=C(NCCOc1ccc(F)cc1Cl)N1CCCC1. The minimum Gasteiger partial charge on any atom is -0.490 e. The Morgan fingerprint density at radius 3 is 2.84 bits per heavy atom. The van der Waals surface area contributed by atoms with Gasteiger partial charge in [-0.05, 0) is 31.0 Å². The summed E-state index contributed by atoms with van der Waals surface area (Å²) in [7, 11) is 0. The highest BCUT2D eigenvalue weighted by Crippen LogP contribution is 2.24. The van der Waals surface area contributed by atoms with Gasteiger partial charge in [0.1, 0.15) is 18.2 Å². The molecule has 1 aliphatic rings. The summed E-state index contributed by atoms with van der Waals surface area (Å²) >= 11 is 5.81. The predicted octanol–water partition coefficient (Wildman–Crippen LogP) is 2.66. The summed E-state index contributed by atoms with van der Waals surface area (Å²) in [5.74, 6) is 0.0122. The van der Waals surface area contributed by atoms with Gasteiger partial charge in [-0.1, -0.05) is 11.6 Å². The Morgan fingerprint density at radius 2 is 2.16 bits per heavy atom. The molecule has 0 spiro atoms. The van der Waals surface area contributed by atoms with Crippen LogP contribution in [0.4, 0.5) is 9.18 Å². The van der Waals surface area contributed by atoms with Crippen molar-refractivity contribution in [3.05, 3.63) is 29.0 Å². The van der Waals surface area contributed by atoms with Gasteiger partial charge in [-0.15, -0.1) is 0 Å². The van der Waals surface area contributed by atoms with Crippen molar-refractivity contribution in [2.75, 3.05) is 26.2 Å². The van der Waals surface area contributed by atoms with E-state index in [0.717, 1.165) is 25.9 Å². The molecule has 104 valence electrons. The first-order valence-electron chi connectivity index (χ1n) is 6.27. The van der Waals surface area contributed by atoms with E-state index in [2.05, 4.69) is 5.32 Å². The summed E-state index contributed by atoms with van der Waals surface area (Å²) < 4.78 is 18.2. The summed E-state index contributed by atoms with van der Waals surface area (Å²) in [5, 5.41) is 3.00. The molecule has 1 aliphatic heterocycles. The second-order valence-corrected chi connectivity index (χ2v) is 4.76. The van der Waals surface area contributed by atoms with Crippen molar-refractivity contribution in [2.45, 2.75) is 12.8 Å². The lowest BCUT2D eigenvalue weighted by Gasteiger charge is -2.16. The summed E-state index contributed by atoms with van der Waals surface area (Å²) in [5.41, 5.74) is 0. The van der Waals surface area contributed by atoms with Crippen molar-refractivity contribution in [2.24, 2.45) is 0 Å². The van der Waals surface area contributed by atoms with Crippen LogP contribution in [0.3, 0.4) is 0 Å². The Balaban J connectivity index is 1.70. The van der Waals surface area contributed by atoms with Gasteiger partial charge in [0.15, 0.2) is 0 Å². The number of ether oxygens (including phenoxy) is 1. The second kappa shape index (κ2) is 6.61. The quantitative estimate of drug-likeness (QED) is 0.865. The standard InChI is InChI=1S/C13H16ClFN2O2/c14-11-9-10(15)3-4-12(11)19-8-5-16-13(18)17-6-1-2-7-17/h3-4,9H,1-2,5-8H2,(H,16,18). The number of carbonyl (C=O) groups excluding carboxylic acids is 1. The van der Waals surface area contributed by atoms with E-state index in [1.165, 1.54) is 18.2 Å². The first-order chi connectivity index (χ1) is 9.16. The van der Waals surface area contributed by atoms with Gasteiger partial charge in [0.25, 0.3) is 0 Å². The van der Waals surface area contributed by atoms with Crippen molar-refractivity contribution >= 4 is 17.6 Å². The molecule has 0 unspecified atom stereocenters. The smallest absolute Gasteiger partial charge is 0.317 e. The third-order valence-electron chi connectivity index (χ3n) is 2.92. The van der Waals surface area contributed by atoms with Crippen LogP contribution in [0.15, 0.2) is 18.2 Å². The van der Waals surface area contributed by atoms with Crippen LogP contribution in [0.1, 0.15) is 12.8 Å². The van der Waals surface area contributed by atoms with E-state index in [1.807, 2.05) is 0 Å². The molecule has 1 aromatic rings. The molecule has 1 fully saturated rings. The number of likely N-dealkylation sites (tertiary alicyclic amines) is 1. The van der Waals surface area contributed by atoms with Gasteiger partial charge in [-0.2, -0.15) is 0 Å². The first kappa shape index (κ1) is 13.9. The zero-order valence-electron chi connectivity index (χ0n) is 10.5. The molecule has 0 aliphatic carbocycles. The van der Waals surface area contributed by atoms with Crippen molar-refractivity contribution in [3.8, 4) is 5.75 Å². The Labute approximate surface area is 116 Å². The molecule has 2 rings (SSSR count). The molecule has 1 heterocycles. The van der Waals surface area contributed by atoms with Gasteiger partial charge in [-0.25, -0.2) is 9.18 Å². The maximum Gasteiger partial charge on any atom is 0.317 e. The second-order valence-electron chi connectivity index (χ2n) is 4.35. The number of halogens is 2. The van der Waals surface area contributed by atoms with Crippen LogP contribution in [-0.2, 0) is 0 Å². The number of nitrogens with zero attached hydrogens (tertiary/aromatic N) is 1. The molecule has 0 aromatic heterocycles. The van der Waals surface area contributed by atoms with Gasteiger partial charge in [0, 0.05) is 13.1 Å². The highest BCUT2D eigenvalue weighted by Gasteiger charge is 2.16. The third kappa shape index (κ3) is 3.99. The molecule has 0 atom stereocenters. The summed E-state index contributed by atoms with van der Waals surface area (Å²) in [6, 6.07) is 3.88. The maximum absolute atomic E-state index is 12.8. The molecule has 2 amide bonds. The van der Waals surface area contributed by atoms with Gasteiger partial charge >= 0.3 is 6.03 Å². The van der Waals surface area contributed by atoms with Gasteiger partial charge in [0.05, 0.1) is 11.6 Å². The van der Waals surface area contributed by atoms with Crippen molar-refractivity contribution < 1.29 is 13.9 Å². The maximum atomic E-state index is 12.8. The molecule has 4 nitrogen and oxygen atoms in total. The van der Waals surface area contributed by atoms with Gasteiger partial charge in [0.2, 0.25) is 0 Å². The fourth-order valence-electron chi connectivity index (χ4n) is 1.94. The highest BCUT2D eigenvalue weighted by molar-refractivity contribution is 6.32. The fraction of sp³-hybridized carbons (Fsp3) is 0.462. The van der Waals surface area contributed by atoms with Crippen LogP contribution < -0.4 is 10.1 Å². The zero-order valence-corrected chi connectivity index (χ0v) is 11.3. The third-order valence-corrected chi connectivity index (χ3v) is 3.22. The van der Waals surface area contributed by atoms with Crippen LogP contribution in [0.25, 0.3) is 0 Å². The minimum atomic E-state index is -0.403. The van der Waals surface area contributed by atoms with E-state index in [4.69, 9.17) is 16.3 Å². The number of urea groups is 1. The molecule has 0 saturated carbocycles. The molecular weight excluding hydrogens is 271 g/mol. The molecular formula is C13H16ClFN2O2. The number of amides is 2. The Bertz CT molecular complexity index is 450. The van der Waals surface area contributed by atoms with Crippen LogP contribution in [-0.4, -0.2) is 37.2 Å². The molecule has 19 heavy (non-hydrogen) atoms. The van der Waals surface area contributed by atoms with Crippen molar-refractivity contribution in [1.82, 2.24) is 10.2 Å². The molecule has 6 heteroatoms. The topological polar surface area (TPSA) is 41.6 Å².